The minimum absolute atomic E-state index is 0.0375. The Bertz CT molecular complexity index is 572. The molecule has 0 radical (unpaired) electrons. The van der Waals surface area contributed by atoms with Gasteiger partial charge in [0.15, 0.2) is 0 Å². The maximum Gasteiger partial charge on any atom is 0.353 e. The lowest BCUT2D eigenvalue weighted by molar-refractivity contribution is -0.383. The van der Waals surface area contributed by atoms with Crippen molar-refractivity contribution < 1.29 is 4.92 Å². The molecule has 1 saturated heterocycles. The van der Waals surface area contributed by atoms with Crippen molar-refractivity contribution in [3.8, 4) is 0 Å². The molecule has 2 fully saturated rings. The topological polar surface area (TPSA) is 84.2 Å². The number of nitrogens with one attached hydrogen (secondary N) is 1. The van der Waals surface area contributed by atoms with Crippen LogP contribution in [0.25, 0.3) is 0 Å². The van der Waals surface area contributed by atoms with Gasteiger partial charge in [0.25, 0.3) is 0 Å². The first-order valence-corrected chi connectivity index (χ1v) is 9.19. The second-order valence-electron chi connectivity index (χ2n) is 7.02. The zero-order chi connectivity index (χ0) is 16.9. The van der Waals surface area contributed by atoms with Gasteiger partial charge in [-0.3, -0.25) is 10.1 Å². The number of anilines is 2. The highest BCUT2D eigenvalue weighted by Crippen LogP contribution is 2.36. The van der Waals surface area contributed by atoms with Gasteiger partial charge in [-0.25, -0.2) is 9.97 Å². The van der Waals surface area contributed by atoms with Gasteiger partial charge in [-0.05, 0) is 39.0 Å². The van der Waals surface area contributed by atoms with E-state index in [1.807, 2.05) is 0 Å². The van der Waals surface area contributed by atoms with Crippen LogP contribution in [-0.4, -0.2) is 33.5 Å². The molecule has 1 aliphatic heterocycles. The van der Waals surface area contributed by atoms with E-state index in [1.54, 1.807) is 0 Å². The fraction of sp³-hybridized carbons (Fsp3) is 0.765. The van der Waals surface area contributed by atoms with Crippen LogP contribution in [0.2, 0.25) is 0 Å². The van der Waals surface area contributed by atoms with Crippen LogP contribution in [0.1, 0.15) is 64.7 Å². The van der Waals surface area contributed by atoms with Gasteiger partial charge >= 0.3 is 5.69 Å². The third-order valence-corrected chi connectivity index (χ3v) is 5.26. The number of piperidine rings is 1. The molecule has 132 valence electrons. The first-order chi connectivity index (χ1) is 11.7. The summed E-state index contributed by atoms with van der Waals surface area (Å²) >= 11 is 0. The minimum atomic E-state index is -0.324. The van der Waals surface area contributed by atoms with Gasteiger partial charge in [-0.1, -0.05) is 25.7 Å². The lowest BCUT2D eigenvalue weighted by atomic mass is 10.0. The fourth-order valence-electron chi connectivity index (χ4n) is 3.88. The standard InChI is InChI=1S/C17H27N5O2/c1-13-8-6-7-11-21(13)17-15(22(23)24)16(18-12-19-17)20-14-9-4-2-3-5-10-14/h12-14H,2-11H2,1H3,(H,18,19,20). The van der Waals surface area contributed by atoms with E-state index in [-0.39, 0.29) is 22.7 Å². The van der Waals surface area contributed by atoms with Crippen LogP contribution in [0.4, 0.5) is 17.3 Å². The SMILES string of the molecule is CC1CCCCN1c1ncnc(NC2CCCCCC2)c1[N+](=O)[O-]. The summed E-state index contributed by atoms with van der Waals surface area (Å²) in [6.07, 6.45) is 11.7. The van der Waals surface area contributed by atoms with Crippen molar-refractivity contribution in [2.24, 2.45) is 0 Å². The van der Waals surface area contributed by atoms with Crippen molar-refractivity contribution in [2.45, 2.75) is 76.8 Å². The molecule has 1 saturated carbocycles. The van der Waals surface area contributed by atoms with Gasteiger partial charge in [0.2, 0.25) is 11.6 Å². The molecular formula is C17H27N5O2. The summed E-state index contributed by atoms with van der Waals surface area (Å²) in [7, 11) is 0. The molecule has 7 heteroatoms. The van der Waals surface area contributed by atoms with Crippen molar-refractivity contribution in [1.29, 1.82) is 0 Å². The van der Waals surface area contributed by atoms with Crippen molar-refractivity contribution >= 4 is 17.3 Å². The molecule has 0 spiro atoms. The Hall–Kier alpha value is -1.92. The van der Waals surface area contributed by atoms with Crippen LogP contribution >= 0.6 is 0 Å². The van der Waals surface area contributed by atoms with E-state index in [4.69, 9.17) is 0 Å². The number of hydrogen-bond acceptors (Lipinski definition) is 6. The molecule has 1 N–H and O–H groups in total. The summed E-state index contributed by atoms with van der Waals surface area (Å²) in [5.41, 5.74) is 0.0375. The lowest BCUT2D eigenvalue weighted by Gasteiger charge is -2.34. The number of hydrogen-bond donors (Lipinski definition) is 1. The van der Waals surface area contributed by atoms with Crippen molar-refractivity contribution in [1.82, 2.24) is 9.97 Å². The molecule has 1 aromatic heterocycles. The van der Waals surface area contributed by atoms with Crippen LogP contribution in [0.15, 0.2) is 6.33 Å². The van der Waals surface area contributed by atoms with Gasteiger partial charge in [-0.2, -0.15) is 0 Å². The first kappa shape index (κ1) is 16.9. The zero-order valence-electron chi connectivity index (χ0n) is 14.4. The van der Waals surface area contributed by atoms with Gasteiger partial charge in [-0.15, -0.1) is 0 Å². The maximum atomic E-state index is 11.8. The smallest absolute Gasteiger partial charge is 0.353 e. The largest absolute Gasteiger partial charge is 0.361 e. The lowest BCUT2D eigenvalue weighted by Crippen LogP contribution is -2.38. The number of nitrogens with zero attached hydrogens (tertiary/aromatic N) is 4. The predicted molar refractivity (Wildman–Crippen MR) is 94.5 cm³/mol. The number of rotatable bonds is 4. The Kier molecular flexibility index (Phi) is 5.48. The summed E-state index contributed by atoms with van der Waals surface area (Å²) in [6.45, 7) is 2.94. The molecule has 1 unspecified atom stereocenters. The molecule has 24 heavy (non-hydrogen) atoms. The van der Waals surface area contributed by atoms with Crippen LogP contribution in [0.3, 0.4) is 0 Å². The second-order valence-corrected chi connectivity index (χ2v) is 7.02. The molecule has 2 aliphatic rings. The molecule has 1 atom stereocenters. The minimum Gasteiger partial charge on any atom is -0.361 e. The normalized spacial score (nSPS) is 22.9. The van der Waals surface area contributed by atoms with Gasteiger partial charge in [0.05, 0.1) is 4.92 Å². The molecule has 7 nitrogen and oxygen atoms in total. The van der Waals surface area contributed by atoms with E-state index < -0.39 is 0 Å². The van der Waals surface area contributed by atoms with E-state index in [0.29, 0.717) is 11.6 Å². The highest BCUT2D eigenvalue weighted by Gasteiger charge is 2.31. The van der Waals surface area contributed by atoms with Crippen LogP contribution in [0, 0.1) is 10.1 Å². The highest BCUT2D eigenvalue weighted by molar-refractivity contribution is 5.70. The highest BCUT2D eigenvalue weighted by atomic mass is 16.6. The van der Waals surface area contributed by atoms with Gasteiger partial charge in [0.1, 0.15) is 6.33 Å². The zero-order valence-corrected chi connectivity index (χ0v) is 14.4. The molecule has 1 aromatic rings. The summed E-state index contributed by atoms with van der Waals surface area (Å²) < 4.78 is 0. The molecule has 3 rings (SSSR count). The third kappa shape index (κ3) is 3.76. The molecule has 0 bridgehead atoms. The first-order valence-electron chi connectivity index (χ1n) is 9.19. The molecule has 2 heterocycles. The summed E-state index contributed by atoms with van der Waals surface area (Å²) in [5.74, 6) is 0.855. The van der Waals surface area contributed by atoms with E-state index in [9.17, 15) is 10.1 Å². The van der Waals surface area contributed by atoms with E-state index >= 15 is 0 Å². The molecule has 1 aliphatic carbocycles. The third-order valence-electron chi connectivity index (χ3n) is 5.26. The Morgan fingerprint density at radius 3 is 2.50 bits per heavy atom. The molecule has 0 aromatic carbocycles. The number of nitro groups is 1. The summed E-state index contributed by atoms with van der Waals surface area (Å²) in [6, 6.07) is 0.547. The summed E-state index contributed by atoms with van der Waals surface area (Å²) in [5, 5.41) is 15.1. The van der Waals surface area contributed by atoms with Gasteiger partial charge in [0, 0.05) is 18.6 Å². The van der Waals surface area contributed by atoms with Crippen LogP contribution in [0.5, 0.6) is 0 Å². The molecule has 0 amide bonds. The van der Waals surface area contributed by atoms with Crippen molar-refractivity contribution in [3.63, 3.8) is 0 Å². The Morgan fingerprint density at radius 2 is 1.83 bits per heavy atom. The average molecular weight is 333 g/mol. The Morgan fingerprint density at radius 1 is 1.12 bits per heavy atom. The number of aromatic nitrogens is 2. The van der Waals surface area contributed by atoms with Crippen LogP contribution in [-0.2, 0) is 0 Å². The molecular weight excluding hydrogens is 306 g/mol. The van der Waals surface area contributed by atoms with Gasteiger partial charge < -0.3 is 10.2 Å². The summed E-state index contributed by atoms with van der Waals surface area (Å²) in [4.78, 5) is 22.0. The van der Waals surface area contributed by atoms with E-state index in [0.717, 1.165) is 32.2 Å². The maximum absolute atomic E-state index is 11.8. The van der Waals surface area contributed by atoms with Crippen molar-refractivity contribution in [2.75, 3.05) is 16.8 Å². The van der Waals surface area contributed by atoms with Crippen molar-refractivity contribution in [3.05, 3.63) is 16.4 Å². The van der Waals surface area contributed by atoms with E-state index in [2.05, 4.69) is 27.1 Å². The fourth-order valence-corrected chi connectivity index (χ4v) is 3.88. The van der Waals surface area contributed by atoms with E-state index in [1.165, 1.54) is 38.4 Å². The quantitative estimate of drug-likeness (QED) is 0.511. The Labute approximate surface area is 143 Å². The Balaban J connectivity index is 1.88. The van der Waals surface area contributed by atoms with Crippen LogP contribution < -0.4 is 10.2 Å². The second kappa shape index (κ2) is 7.77. The predicted octanol–water partition coefficient (Wildman–Crippen LogP) is 3.90. The average Bonchev–Trinajstić information content (AvgIpc) is 2.83. The monoisotopic (exact) mass is 333 g/mol.